The van der Waals surface area contributed by atoms with E-state index in [2.05, 4.69) is 18.0 Å². The highest BCUT2D eigenvalue weighted by Crippen LogP contribution is 2.37. The zero-order valence-electron chi connectivity index (χ0n) is 11.1. The summed E-state index contributed by atoms with van der Waals surface area (Å²) in [5.74, 6) is 0. The Labute approximate surface area is 123 Å². The highest BCUT2D eigenvalue weighted by Gasteiger charge is 2.21. The summed E-state index contributed by atoms with van der Waals surface area (Å²) in [6.07, 6.45) is 4.65. The van der Waals surface area contributed by atoms with Crippen LogP contribution < -0.4 is 5.73 Å². The van der Waals surface area contributed by atoms with E-state index in [1.165, 1.54) is 0 Å². The second-order valence-electron chi connectivity index (χ2n) is 4.49. The Morgan fingerprint density at radius 1 is 1.47 bits per heavy atom. The third-order valence-corrected chi connectivity index (χ3v) is 4.76. The third-order valence-electron chi connectivity index (χ3n) is 3.05. The largest absolute Gasteiger partial charge is 0.329 e. The Bertz CT molecular complexity index is 541. The van der Waals surface area contributed by atoms with Gasteiger partial charge in [-0.1, -0.05) is 42.4 Å². The van der Waals surface area contributed by atoms with Crippen LogP contribution in [0.5, 0.6) is 0 Å². The number of halogens is 1. The number of imidazole rings is 1. The van der Waals surface area contributed by atoms with Crippen molar-refractivity contribution in [3.63, 3.8) is 0 Å². The van der Waals surface area contributed by atoms with Crippen molar-refractivity contribution < 1.29 is 0 Å². The van der Waals surface area contributed by atoms with Crippen molar-refractivity contribution in [2.75, 3.05) is 0 Å². The molecule has 2 N–H and O–H groups in total. The molecule has 19 heavy (non-hydrogen) atoms. The van der Waals surface area contributed by atoms with Crippen molar-refractivity contribution in [2.24, 2.45) is 12.8 Å². The van der Waals surface area contributed by atoms with Crippen molar-refractivity contribution in [3.05, 3.63) is 47.2 Å². The van der Waals surface area contributed by atoms with Crippen LogP contribution in [0.1, 0.15) is 24.2 Å². The van der Waals surface area contributed by atoms with Gasteiger partial charge in [0.15, 0.2) is 5.16 Å². The number of hydrogen-bond donors (Lipinski definition) is 1. The maximum atomic E-state index is 6.27. The van der Waals surface area contributed by atoms with Crippen molar-refractivity contribution in [3.8, 4) is 0 Å². The molecule has 0 amide bonds. The molecule has 0 fully saturated rings. The van der Waals surface area contributed by atoms with Crippen LogP contribution >= 0.6 is 23.4 Å². The standard InChI is InChI=1S/C14H18ClN3S/c1-3-12(16)13(10-5-4-6-11(15)9-10)19-14-17-7-8-18(14)2/h4-9,12-13H,3,16H2,1-2H3. The molecule has 1 aromatic carbocycles. The van der Waals surface area contributed by atoms with Crippen LogP contribution in [0.15, 0.2) is 41.8 Å². The van der Waals surface area contributed by atoms with Crippen molar-refractivity contribution in [1.82, 2.24) is 9.55 Å². The molecule has 2 atom stereocenters. The van der Waals surface area contributed by atoms with Crippen molar-refractivity contribution in [2.45, 2.75) is 29.8 Å². The van der Waals surface area contributed by atoms with Crippen LogP contribution in [-0.4, -0.2) is 15.6 Å². The van der Waals surface area contributed by atoms with Gasteiger partial charge in [0.25, 0.3) is 0 Å². The SMILES string of the molecule is CCC(N)C(Sc1nccn1C)c1cccc(Cl)c1. The van der Waals surface area contributed by atoms with Gasteiger partial charge in [0, 0.05) is 30.5 Å². The maximum Gasteiger partial charge on any atom is 0.168 e. The summed E-state index contributed by atoms with van der Waals surface area (Å²) in [5.41, 5.74) is 7.41. The monoisotopic (exact) mass is 295 g/mol. The Morgan fingerprint density at radius 3 is 2.84 bits per heavy atom. The summed E-state index contributed by atoms with van der Waals surface area (Å²) in [7, 11) is 1.99. The molecule has 0 radical (unpaired) electrons. The van der Waals surface area contributed by atoms with Crippen molar-refractivity contribution in [1.29, 1.82) is 0 Å². The second kappa shape index (κ2) is 6.46. The molecule has 2 aromatic rings. The first-order valence-electron chi connectivity index (χ1n) is 6.27. The highest BCUT2D eigenvalue weighted by molar-refractivity contribution is 7.99. The van der Waals surface area contributed by atoms with Gasteiger partial charge in [-0.2, -0.15) is 0 Å². The minimum Gasteiger partial charge on any atom is -0.329 e. The van der Waals surface area contributed by atoms with E-state index in [4.69, 9.17) is 17.3 Å². The molecule has 102 valence electrons. The van der Waals surface area contributed by atoms with Gasteiger partial charge in [0.2, 0.25) is 0 Å². The minimum atomic E-state index is 0.0696. The second-order valence-corrected chi connectivity index (χ2v) is 6.03. The highest BCUT2D eigenvalue weighted by atomic mass is 35.5. The molecule has 0 saturated carbocycles. The zero-order valence-corrected chi connectivity index (χ0v) is 12.7. The lowest BCUT2D eigenvalue weighted by Gasteiger charge is -2.22. The predicted octanol–water partition coefficient (Wildman–Crippen LogP) is 3.64. The zero-order chi connectivity index (χ0) is 13.8. The summed E-state index contributed by atoms with van der Waals surface area (Å²) in [6, 6.07) is 7.97. The molecule has 0 aliphatic rings. The third kappa shape index (κ3) is 3.53. The van der Waals surface area contributed by atoms with E-state index in [0.29, 0.717) is 0 Å². The number of hydrogen-bond acceptors (Lipinski definition) is 3. The van der Waals surface area contributed by atoms with Crippen LogP contribution in [0.4, 0.5) is 0 Å². The molecule has 0 spiro atoms. The fourth-order valence-corrected chi connectivity index (χ4v) is 3.30. The van der Waals surface area contributed by atoms with Gasteiger partial charge in [-0.25, -0.2) is 4.98 Å². The normalized spacial score (nSPS) is 14.3. The average Bonchev–Trinajstić information content (AvgIpc) is 2.80. The number of benzene rings is 1. The minimum absolute atomic E-state index is 0.0696. The van der Waals surface area contributed by atoms with E-state index in [9.17, 15) is 0 Å². The van der Waals surface area contributed by atoms with Crippen LogP contribution in [-0.2, 0) is 7.05 Å². The van der Waals surface area contributed by atoms with Gasteiger partial charge in [-0.3, -0.25) is 0 Å². The van der Waals surface area contributed by atoms with E-state index >= 15 is 0 Å². The summed E-state index contributed by atoms with van der Waals surface area (Å²) in [4.78, 5) is 4.36. The van der Waals surface area contributed by atoms with E-state index in [1.54, 1.807) is 18.0 Å². The molecule has 0 aliphatic heterocycles. The Hall–Kier alpha value is -0.970. The molecular weight excluding hydrogens is 278 g/mol. The first-order valence-corrected chi connectivity index (χ1v) is 7.52. The Kier molecular flexibility index (Phi) is 4.91. The number of thioether (sulfide) groups is 1. The lowest BCUT2D eigenvalue weighted by Crippen LogP contribution is -2.25. The molecule has 1 aromatic heterocycles. The van der Waals surface area contributed by atoms with E-state index in [0.717, 1.165) is 22.2 Å². The Morgan fingerprint density at radius 2 is 2.26 bits per heavy atom. The summed E-state index contributed by atoms with van der Waals surface area (Å²) >= 11 is 7.76. The topological polar surface area (TPSA) is 43.8 Å². The van der Waals surface area contributed by atoms with Crippen LogP contribution in [0, 0.1) is 0 Å². The van der Waals surface area contributed by atoms with Gasteiger partial charge in [-0.05, 0) is 24.1 Å². The van der Waals surface area contributed by atoms with Crippen molar-refractivity contribution >= 4 is 23.4 Å². The van der Waals surface area contributed by atoms with Gasteiger partial charge in [0.05, 0.1) is 5.25 Å². The molecule has 3 nitrogen and oxygen atoms in total. The van der Waals surface area contributed by atoms with Gasteiger partial charge >= 0.3 is 0 Å². The molecule has 2 rings (SSSR count). The first-order chi connectivity index (χ1) is 9.11. The average molecular weight is 296 g/mol. The van der Waals surface area contributed by atoms with Crippen LogP contribution in [0.25, 0.3) is 0 Å². The molecule has 1 heterocycles. The molecular formula is C14H18ClN3S. The fraction of sp³-hybridized carbons (Fsp3) is 0.357. The maximum absolute atomic E-state index is 6.27. The summed E-state index contributed by atoms with van der Waals surface area (Å²) < 4.78 is 2.00. The van der Waals surface area contributed by atoms with E-state index in [1.807, 2.05) is 36.0 Å². The van der Waals surface area contributed by atoms with Crippen LogP contribution in [0.3, 0.4) is 0 Å². The fourth-order valence-electron chi connectivity index (χ4n) is 1.88. The number of aryl methyl sites for hydroxylation is 1. The lowest BCUT2D eigenvalue weighted by atomic mass is 10.0. The molecule has 0 bridgehead atoms. The molecule has 2 unspecified atom stereocenters. The smallest absolute Gasteiger partial charge is 0.168 e. The van der Waals surface area contributed by atoms with E-state index in [-0.39, 0.29) is 11.3 Å². The number of nitrogens with zero attached hydrogens (tertiary/aromatic N) is 2. The van der Waals surface area contributed by atoms with Crippen LogP contribution in [0.2, 0.25) is 5.02 Å². The van der Waals surface area contributed by atoms with Gasteiger partial charge in [-0.15, -0.1) is 0 Å². The van der Waals surface area contributed by atoms with Gasteiger partial charge in [0.1, 0.15) is 0 Å². The summed E-state index contributed by atoms with van der Waals surface area (Å²) in [5, 5.41) is 1.87. The predicted molar refractivity (Wildman–Crippen MR) is 81.5 cm³/mol. The number of nitrogens with two attached hydrogens (primary N) is 1. The quantitative estimate of drug-likeness (QED) is 0.857. The number of aromatic nitrogens is 2. The molecule has 0 saturated heterocycles. The lowest BCUT2D eigenvalue weighted by molar-refractivity contribution is 0.630. The Balaban J connectivity index is 2.29. The summed E-state index contributed by atoms with van der Waals surface area (Å²) in [6.45, 7) is 2.10. The van der Waals surface area contributed by atoms with Gasteiger partial charge < -0.3 is 10.3 Å². The first kappa shape index (κ1) is 14.4. The molecule has 5 heteroatoms. The van der Waals surface area contributed by atoms with E-state index < -0.39 is 0 Å². The number of rotatable bonds is 5. The molecule has 0 aliphatic carbocycles.